The standard InChI is InChI=1S/C62H52N2/c1-41-33-42(2)35-52(34-41)64(49-26-25-45-15-13-14-16-46(45)38-49)51-28-32-56-54-30-24-44(37-58(54)62(5,6)60(56)40-51)22-21-43-23-29-53-55-31-27-50(39-59(55)61(3,4)57(53)36-43)63(47-17-9-7-10-18-47)48-19-11-8-12-20-48/h7-40H,1-6H3/b22-21+. The summed E-state index contributed by atoms with van der Waals surface area (Å²) in [7, 11) is 0. The van der Waals surface area contributed by atoms with E-state index < -0.39 is 0 Å². The Kier molecular flexibility index (Phi) is 9.33. The van der Waals surface area contributed by atoms with Crippen molar-refractivity contribution in [3.63, 3.8) is 0 Å². The molecule has 9 aromatic carbocycles. The first-order chi connectivity index (χ1) is 31.0. The molecule has 0 amide bonds. The zero-order chi connectivity index (χ0) is 43.7. The molecule has 2 heteroatoms. The number of benzene rings is 9. The minimum atomic E-state index is -0.180. The number of hydrogen-bond donors (Lipinski definition) is 0. The first-order valence-electron chi connectivity index (χ1n) is 22.6. The molecule has 0 bridgehead atoms. The Morgan fingerprint density at radius 2 is 0.703 bits per heavy atom. The molecule has 0 atom stereocenters. The van der Waals surface area contributed by atoms with Crippen molar-refractivity contribution in [3.8, 4) is 22.3 Å². The Balaban J connectivity index is 0.897. The monoisotopic (exact) mass is 824 g/mol. The normalized spacial score (nSPS) is 14.0. The Hall–Kier alpha value is -7.42. The molecule has 11 rings (SSSR count). The van der Waals surface area contributed by atoms with Gasteiger partial charge in [-0.3, -0.25) is 0 Å². The van der Waals surface area contributed by atoms with Crippen LogP contribution in [0.5, 0.6) is 0 Å². The van der Waals surface area contributed by atoms with Crippen molar-refractivity contribution in [2.24, 2.45) is 0 Å². The van der Waals surface area contributed by atoms with Gasteiger partial charge in [-0.15, -0.1) is 0 Å². The van der Waals surface area contributed by atoms with Crippen LogP contribution in [0.1, 0.15) is 72.2 Å². The fourth-order valence-electron chi connectivity index (χ4n) is 10.6. The van der Waals surface area contributed by atoms with Crippen LogP contribution in [0.2, 0.25) is 0 Å². The third-order valence-corrected chi connectivity index (χ3v) is 13.8. The number of rotatable bonds is 8. The highest BCUT2D eigenvalue weighted by Gasteiger charge is 2.37. The lowest BCUT2D eigenvalue weighted by Crippen LogP contribution is -2.17. The SMILES string of the molecule is Cc1cc(C)cc(N(c2ccc3c(c2)C(C)(C)c2cc(/C=C/c4ccc5c(c4)C(C)(C)c4cc(N(c6ccccc6)c6ccccc6)ccc4-5)ccc2-3)c2ccc3ccccc3c2)c1. The van der Waals surface area contributed by atoms with E-state index in [0.717, 1.165) is 17.1 Å². The lowest BCUT2D eigenvalue weighted by molar-refractivity contribution is 0.660. The quantitative estimate of drug-likeness (QED) is 0.141. The first-order valence-corrected chi connectivity index (χ1v) is 22.6. The smallest absolute Gasteiger partial charge is 0.0468 e. The van der Waals surface area contributed by atoms with Gasteiger partial charge in [-0.2, -0.15) is 0 Å². The summed E-state index contributed by atoms with van der Waals surface area (Å²) in [6.07, 6.45) is 4.58. The van der Waals surface area contributed by atoms with Gasteiger partial charge in [0.25, 0.3) is 0 Å². The van der Waals surface area contributed by atoms with E-state index in [4.69, 9.17) is 0 Å². The van der Waals surface area contributed by atoms with Crippen molar-refractivity contribution in [3.05, 3.63) is 239 Å². The van der Waals surface area contributed by atoms with E-state index in [1.165, 1.54) is 94.6 Å². The van der Waals surface area contributed by atoms with Crippen LogP contribution in [0.25, 0.3) is 45.2 Å². The summed E-state index contributed by atoms with van der Waals surface area (Å²) < 4.78 is 0. The average Bonchev–Trinajstić information content (AvgIpc) is 3.67. The molecule has 64 heavy (non-hydrogen) atoms. The molecule has 0 saturated heterocycles. The fraction of sp³-hybridized carbons (Fsp3) is 0.129. The highest BCUT2D eigenvalue weighted by Crippen LogP contribution is 2.53. The highest BCUT2D eigenvalue weighted by molar-refractivity contribution is 5.92. The molecule has 2 aliphatic carbocycles. The molecule has 0 fully saturated rings. The van der Waals surface area contributed by atoms with Gasteiger partial charge in [0, 0.05) is 45.0 Å². The zero-order valence-electron chi connectivity index (χ0n) is 37.5. The van der Waals surface area contributed by atoms with Crippen LogP contribution in [-0.4, -0.2) is 0 Å². The first kappa shape index (κ1) is 39.4. The van der Waals surface area contributed by atoms with Crippen LogP contribution in [0, 0.1) is 13.8 Å². The Labute approximate surface area is 378 Å². The zero-order valence-corrected chi connectivity index (χ0v) is 37.5. The fourth-order valence-corrected chi connectivity index (χ4v) is 10.6. The summed E-state index contributed by atoms with van der Waals surface area (Å²) in [5.41, 5.74) is 22.3. The minimum Gasteiger partial charge on any atom is -0.310 e. The van der Waals surface area contributed by atoms with E-state index in [1.807, 2.05) is 0 Å². The van der Waals surface area contributed by atoms with Gasteiger partial charge in [0.2, 0.25) is 0 Å². The van der Waals surface area contributed by atoms with Crippen LogP contribution in [0.15, 0.2) is 194 Å². The van der Waals surface area contributed by atoms with Gasteiger partial charge in [0.05, 0.1) is 0 Å². The Morgan fingerprint density at radius 1 is 0.312 bits per heavy atom. The second-order valence-electron chi connectivity index (χ2n) is 18.9. The number of aryl methyl sites for hydroxylation is 2. The predicted octanol–water partition coefficient (Wildman–Crippen LogP) is 17.2. The lowest BCUT2D eigenvalue weighted by Gasteiger charge is -2.29. The summed E-state index contributed by atoms with van der Waals surface area (Å²) in [5, 5.41) is 2.48. The summed E-state index contributed by atoms with van der Waals surface area (Å²) in [4.78, 5) is 4.79. The maximum absolute atomic E-state index is 2.44. The number of fused-ring (bicyclic) bond motifs is 7. The van der Waals surface area contributed by atoms with Crippen molar-refractivity contribution in [1.29, 1.82) is 0 Å². The molecule has 0 saturated carbocycles. The van der Waals surface area contributed by atoms with Gasteiger partial charge in [-0.25, -0.2) is 0 Å². The van der Waals surface area contributed by atoms with Crippen molar-refractivity contribution in [2.45, 2.75) is 52.4 Å². The topological polar surface area (TPSA) is 6.48 Å². The van der Waals surface area contributed by atoms with E-state index in [2.05, 4.69) is 258 Å². The van der Waals surface area contributed by atoms with E-state index >= 15 is 0 Å². The van der Waals surface area contributed by atoms with Gasteiger partial charge >= 0.3 is 0 Å². The van der Waals surface area contributed by atoms with E-state index in [1.54, 1.807) is 0 Å². The molecule has 0 heterocycles. The maximum Gasteiger partial charge on any atom is 0.0468 e. The maximum atomic E-state index is 2.44. The molecule has 2 aliphatic rings. The predicted molar refractivity (Wildman–Crippen MR) is 273 cm³/mol. The molecule has 0 unspecified atom stereocenters. The summed E-state index contributed by atoms with van der Waals surface area (Å²) in [6, 6.07) is 71.8. The Morgan fingerprint density at radius 3 is 1.20 bits per heavy atom. The van der Waals surface area contributed by atoms with Gasteiger partial charge in [-0.1, -0.05) is 161 Å². The summed E-state index contributed by atoms with van der Waals surface area (Å²) >= 11 is 0. The van der Waals surface area contributed by atoms with Crippen molar-refractivity contribution in [1.82, 2.24) is 0 Å². The lowest BCUT2D eigenvalue weighted by atomic mass is 9.81. The molecule has 0 aromatic heterocycles. The van der Waals surface area contributed by atoms with Gasteiger partial charge < -0.3 is 9.80 Å². The molecule has 0 spiro atoms. The van der Waals surface area contributed by atoms with Gasteiger partial charge in [-0.05, 0) is 164 Å². The minimum absolute atomic E-state index is 0.159. The largest absolute Gasteiger partial charge is 0.310 e. The molecule has 0 N–H and O–H groups in total. The number of anilines is 6. The molecule has 310 valence electrons. The van der Waals surface area contributed by atoms with Crippen molar-refractivity contribution >= 4 is 57.0 Å². The summed E-state index contributed by atoms with van der Waals surface area (Å²) in [5.74, 6) is 0. The van der Waals surface area contributed by atoms with Crippen LogP contribution in [0.4, 0.5) is 34.1 Å². The van der Waals surface area contributed by atoms with Gasteiger partial charge in [0.15, 0.2) is 0 Å². The van der Waals surface area contributed by atoms with Gasteiger partial charge in [0.1, 0.15) is 0 Å². The van der Waals surface area contributed by atoms with Crippen molar-refractivity contribution in [2.75, 3.05) is 9.80 Å². The molecule has 9 aromatic rings. The number of para-hydroxylation sites is 2. The third-order valence-electron chi connectivity index (χ3n) is 13.8. The van der Waals surface area contributed by atoms with Crippen LogP contribution >= 0.6 is 0 Å². The molecule has 0 aliphatic heterocycles. The van der Waals surface area contributed by atoms with E-state index in [9.17, 15) is 0 Å². The van der Waals surface area contributed by atoms with E-state index in [0.29, 0.717) is 0 Å². The third kappa shape index (κ3) is 6.64. The second kappa shape index (κ2) is 15.1. The Bertz CT molecular complexity index is 3240. The summed E-state index contributed by atoms with van der Waals surface area (Å²) in [6.45, 7) is 13.9. The molecular formula is C62H52N2. The number of hydrogen-bond acceptors (Lipinski definition) is 2. The molecular weight excluding hydrogens is 773 g/mol. The van der Waals surface area contributed by atoms with Crippen molar-refractivity contribution < 1.29 is 0 Å². The average molecular weight is 825 g/mol. The second-order valence-corrected chi connectivity index (χ2v) is 18.9. The highest BCUT2D eigenvalue weighted by atomic mass is 15.1. The molecule has 0 radical (unpaired) electrons. The van der Waals surface area contributed by atoms with Crippen LogP contribution < -0.4 is 9.80 Å². The number of nitrogens with zero attached hydrogens (tertiary/aromatic N) is 2. The molecule has 2 nitrogen and oxygen atoms in total. The van der Waals surface area contributed by atoms with E-state index in [-0.39, 0.29) is 10.8 Å². The van der Waals surface area contributed by atoms with Crippen LogP contribution in [0.3, 0.4) is 0 Å². The van der Waals surface area contributed by atoms with Crippen LogP contribution in [-0.2, 0) is 10.8 Å².